The van der Waals surface area contributed by atoms with Crippen LogP contribution in [0.5, 0.6) is 0 Å². The first-order valence-electron chi connectivity index (χ1n) is 7.55. The van der Waals surface area contributed by atoms with E-state index in [1.165, 1.54) is 11.3 Å². The topological polar surface area (TPSA) is 75.4 Å². The van der Waals surface area contributed by atoms with Crippen molar-refractivity contribution in [3.63, 3.8) is 0 Å². The molecule has 0 saturated carbocycles. The molecule has 0 aromatic carbocycles. The van der Waals surface area contributed by atoms with E-state index < -0.39 is 6.10 Å². The van der Waals surface area contributed by atoms with Gasteiger partial charge in [-0.2, -0.15) is 0 Å². The Bertz CT molecular complexity index is 576. The number of furan rings is 1. The molecule has 22 heavy (non-hydrogen) atoms. The smallest absolute Gasteiger partial charge is 0.226 e. The highest BCUT2D eigenvalue weighted by molar-refractivity contribution is 7.13. The number of amides is 1. The first kappa shape index (κ1) is 16.7. The predicted molar refractivity (Wildman–Crippen MR) is 86.6 cm³/mol. The van der Waals surface area contributed by atoms with Gasteiger partial charge in [0.1, 0.15) is 11.3 Å². The van der Waals surface area contributed by atoms with Crippen molar-refractivity contribution in [1.29, 1.82) is 0 Å². The van der Waals surface area contributed by atoms with E-state index in [-0.39, 0.29) is 18.2 Å². The average molecular weight is 322 g/mol. The van der Waals surface area contributed by atoms with Crippen LogP contribution >= 0.6 is 11.3 Å². The molecule has 6 heteroatoms. The molecule has 0 aliphatic heterocycles. The SMILES string of the molecule is CCC(CC)C(O)CNC(=O)Cc1csc(-c2ccoc2)n1. The summed E-state index contributed by atoms with van der Waals surface area (Å²) in [5.41, 5.74) is 1.65. The summed E-state index contributed by atoms with van der Waals surface area (Å²) in [4.78, 5) is 16.4. The molecule has 0 radical (unpaired) electrons. The Labute approximate surface area is 134 Å². The second kappa shape index (κ2) is 8.10. The van der Waals surface area contributed by atoms with Crippen LogP contribution in [-0.2, 0) is 11.2 Å². The van der Waals surface area contributed by atoms with Gasteiger partial charge in [-0.3, -0.25) is 4.79 Å². The Kier molecular flexibility index (Phi) is 6.15. The van der Waals surface area contributed by atoms with Crippen molar-refractivity contribution in [1.82, 2.24) is 10.3 Å². The fourth-order valence-electron chi connectivity index (χ4n) is 2.35. The summed E-state index contributed by atoms with van der Waals surface area (Å²) in [6.45, 7) is 4.39. The third-order valence-corrected chi connectivity index (χ3v) is 4.70. The zero-order chi connectivity index (χ0) is 15.9. The monoisotopic (exact) mass is 322 g/mol. The summed E-state index contributed by atoms with van der Waals surface area (Å²) in [5, 5.41) is 15.5. The minimum atomic E-state index is -0.490. The van der Waals surface area contributed by atoms with E-state index in [9.17, 15) is 9.90 Å². The lowest BCUT2D eigenvalue weighted by molar-refractivity contribution is -0.121. The molecule has 0 aliphatic rings. The summed E-state index contributed by atoms with van der Waals surface area (Å²) in [5.74, 6) is 0.112. The number of thiazole rings is 1. The third kappa shape index (κ3) is 4.42. The number of hydrogen-bond donors (Lipinski definition) is 2. The molecule has 1 unspecified atom stereocenters. The molecule has 0 fully saturated rings. The van der Waals surface area contributed by atoms with Gasteiger partial charge in [-0.05, 0) is 12.0 Å². The van der Waals surface area contributed by atoms with Gasteiger partial charge in [-0.25, -0.2) is 4.98 Å². The van der Waals surface area contributed by atoms with Crippen molar-refractivity contribution in [2.45, 2.75) is 39.2 Å². The van der Waals surface area contributed by atoms with Gasteiger partial charge in [-0.1, -0.05) is 26.7 Å². The van der Waals surface area contributed by atoms with Gasteiger partial charge < -0.3 is 14.8 Å². The van der Waals surface area contributed by atoms with Crippen molar-refractivity contribution in [3.05, 3.63) is 29.7 Å². The Morgan fingerprint density at radius 3 is 2.86 bits per heavy atom. The lowest BCUT2D eigenvalue weighted by Crippen LogP contribution is -2.36. The third-order valence-electron chi connectivity index (χ3n) is 3.76. The number of carbonyl (C=O) groups excluding carboxylic acids is 1. The highest BCUT2D eigenvalue weighted by Gasteiger charge is 2.16. The summed E-state index contributed by atoms with van der Waals surface area (Å²) in [6.07, 6.45) is 4.79. The van der Waals surface area contributed by atoms with Crippen LogP contribution in [0.25, 0.3) is 10.6 Å². The van der Waals surface area contributed by atoms with E-state index >= 15 is 0 Å². The molecular formula is C16H22N2O3S. The fraction of sp³-hybridized carbons (Fsp3) is 0.500. The molecule has 0 saturated heterocycles. The summed E-state index contributed by atoms with van der Waals surface area (Å²) < 4.78 is 5.03. The quantitative estimate of drug-likeness (QED) is 0.783. The zero-order valence-corrected chi connectivity index (χ0v) is 13.7. The minimum Gasteiger partial charge on any atom is -0.472 e. The first-order chi connectivity index (χ1) is 10.6. The van der Waals surface area contributed by atoms with Crippen LogP contribution < -0.4 is 5.32 Å². The van der Waals surface area contributed by atoms with Crippen molar-refractivity contribution in [2.75, 3.05) is 6.54 Å². The Balaban J connectivity index is 1.82. The van der Waals surface area contributed by atoms with Crippen LogP contribution in [0.15, 0.2) is 28.4 Å². The Hall–Kier alpha value is -1.66. The first-order valence-corrected chi connectivity index (χ1v) is 8.43. The number of aromatic nitrogens is 1. The number of nitrogens with zero attached hydrogens (tertiary/aromatic N) is 1. The second-order valence-electron chi connectivity index (χ2n) is 5.28. The molecule has 1 atom stereocenters. The fourth-order valence-corrected chi connectivity index (χ4v) is 3.16. The summed E-state index contributed by atoms with van der Waals surface area (Å²) >= 11 is 1.49. The number of aliphatic hydroxyl groups excluding tert-OH is 1. The maximum Gasteiger partial charge on any atom is 0.226 e. The van der Waals surface area contributed by atoms with Gasteiger partial charge in [-0.15, -0.1) is 11.3 Å². The zero-order valence-electron chi connectivity index (χ0n) is 12.9. The van der Waals surface area contributed by atoms with Crippen molar-refractivity contribution >= 4 is 17.2 Å². The number of aliphatic hydroxyl groups is 1. The maximum absolute atomic E-state index is 11.9. The molecule has 0 spiro atoms. The highest BCUT2D eigenvalue weighted by Crippen LogP contribution is 2.24. The molecule has 0 aliphatic carbocycles. The van der Waals surface area contributed by atoms with E-state index in [2.05, 4.69) is 10.3 Å². The van der Waals surface area contributed by atoms with Crippen LogP contribution in [0.1, 0.15) is 32.4 Å². The molecule has 1 amide bonds. The van der Waals surface area contributed by atoms with Crippen LogP contribution in [0.4, 0.5) is 0 Å². The predicted octanol–water partition coefficient (Wildman–Crippen LogP) is 2.86. The van der Waals surface area contributed by atoms with E-state index in [1.807, 2.05) is 25.3 Å². The van der Waals surface area contributed by atoms with Crippen LogP contribution in [0, 0.1) is 5.92 Å². The summed E-state index contributed by atoms with van der Waals surface area (Å²) in [7, 11) is 0. The van der Waals surface area contributed by atoms with Gasteiger partial charge in [0, 0.05) is 17.5 Å². The van der Waals surface area contributed by atoms with E-state index in [4.69, 9.17) is 4.42 Å². The number of rotatable bonds is 8. The van der Waals surface area contributed by atoms with E-state index in [0.717, 1.165) is 29.1 Å². The minimum absolute atomic E-state index is 0.117. The van der Waals surface area contributed by atoms with Gasteiger partial charge in [0.25, 0.3) is 0 Å². The molecule has 2 rings (SSSR count). The van der Waals surface area contributed by atoms with Crippen molar-refractivity contribution in [3.8, 4) is 10.6 Å². The van der Waals surface area contributed by atoms with Gasteiger partial charge >= 0.3 is 0 Å². The Morgan fingerprint density at radius 2 is 2.23 bits per heavy atom. The molecule has 5 nitrogen and oxygen atoms in total. The molecule has 2 aromatic rings. The second-order valence-corrected chi connectivity index (χ2v) is 6.14. The number of carbonyl (C=O) groups is 1. The maximum atomic E-state index is 11.9. The van der Waals surface area contributed by atoms with Crippen LogP contribution in [0.2, 0.25) is 0 Å². The standard InChI is InChI=1S/C16H22N2O3S/c1-3-11(4-2)14(19)8-17-15(20)7-13-10-22-16(18-13)12-5-6-21-9-12/h5-6,9-11,14,19H,3-4,7-8H2,1-2H3,(H,17,20). The van der Waals surface area contributed by atoms with Crippen LogP contribution in [0.3, 0.4) is 0 Å². The highest BCUT2D eigenvalue weighted by atomic mass is 32.1. The average Bonchev–Trinajstić information content (AvgIpc) is 3.17. The molecule has 2 N–H and O–H groups in total. The van der Waals surface area contributed by atoms with E-state index in [0.29, 0.717) is 6.54 Å². The molecule has 120 valence electrons. The number of nitrogens with one attached hydrogen (secondary N) is 1. The molecule has 2 aromatic heterocycles. The van der Waals surface area contributed by atoms with Gasteiger partial charge in [0.2, 0.25) is 5.91 Å². The normalized spacial score (nSPS) is 12.5. The van der Waals surface area contributed by atoms with E-state index in [1.54, 1.807) is 12.5 Å². The van der Waals surface area contributed by atoms with Crippen LogP contribution in [-0.4, -0.2) is 28.6 Å². The lowest BCUT2D eigenvalue weighted by atomic mass is 9.96. The largest absolute Gasteiger partial charge is 0.472 e. The van der Waals surface area contributed by atoms with Gasteiger partial charge in [0.15, 0.2) is 0 Å². The lowest BCUT2D eigenvalue weighted by Gasteiger charge is -2.20. The Morgan fingerprint density at radius 1 is 1.45 bits per heavy atom. The van der Waals surface area contributed by atoms with Gasteiger partial charge in [0.05, 0.1) is 24.5 Å². The summed E-state index contributed by atoms with van der Waals surface area (Å²) in [6, 6.07) is 1.84. The molecule has 0 bridgehead atoms. The molecule has 2 heterocycles. The number of hydrogen-bond acceptors (Lipinski definition) is 5. The van der Waals surface area contributed by atoms with Crippen molar-refractivity contribution in [2.24, 2.45) is 5.92 Å². The molecular weight excluding hydrogens is 300 g/mol. The van der Waals surface area contributed by atoms with Crippen molar-refractivity contribution < 1.29 is 14.3 Å².